The molecule has 0 radical (unpaired) electrons. The van der Waals surface area contributed by atoms with Gasteiger partial charge in [-0.2, -0.15) is 0 Å². The van der Waals surface area contributed by atoms with E-state index in [4.69, 9.17) is 5.73 Å². The third kappa shape index (κ3) is 2.26. The molecule has 1 fully saturated rings. The summed E-state index contributed by atoms with van der Waals surface area (Å²) < 4.78 is 0. The summed E-state index contributed by atoms with van der Waals surface area (Å²) in [7, 11) is 0. The fourth-order valence-electron chi connectivity index (χ4n) is 2.08. The van der Waals surface area contributed by atoms with Crippen LogP contribution in [-0.4, -0.2) is 6.04 Å². The number of hydrogen-bond donors (Lipinski definition) is 1. The minimum absolute atomic E-state index is 0.293. The minimum Gasteiger partial charge on any atom is -0.328 e. The lowest BCUT2D eigenvalue weighted by Crippen LogP contribution is -2.17. The summed E-state index contributed by atoms with van der Waals surface area (Å²) in [4.78, 5) is 3.04. The maximum absolute atomic E-state index is 5.92. The van der Waals surface area contributed by atoms with Crippen LogP contribution in [0, 0.1) is 5.92 Å². The zero-order valence-electron chi connectivity index (χ0n) is 10.1. The van der Waals surface area contributed by atoms with Gasteiger partial charge in [-0.15, -0.1) is 11.3 Å². The van der Waals surface area contributed by atoms with E-state index >= 15 is 0 Å². The Morgan fingerprint density at radius 1 is 1.40 bits per heavy atom. The average molecular weight is 223 g/mol. The molecule has 1 aromatic heterocycles. The van der Waals surface area contributed by atoms with Crippen LogP contribution in [0.3, 0.4) is 0 Å². The summed E-state index contributed by atoms with van der Waals surface area (Å²) in [6.45, 7) is 8.96. The van der Waals surface area contributed by atoms with Crippen molar-refractivity contribution >= 4 is 11.3 Å². The lowest BCUT2D eigenvalue weighted by Gasteiger charge is -2.15. The highest BCUT2D eigenvalue weighted by Crippen LogP contribution is 2.51. The number of thiophene rings is 1. The fraction of sp³-hybridized carbons (Fsp3) is 0.692. The second kappa shape index (κ2) is 3.60. The molecular weight excluding hydrogens is 202 g/mol. The second-order valence-electron chi connectivity index (χ2n) is 5.82. The molecule has 1 saturated carbocycles. The zero-order chi connectivity index (χ0) is 11.2. The largest absolute Gasteiger partial charge is 0.328 e. The molecule has 1 nitrogen and oxygen atoms in total. The molecule has 1 aromatic rings. The van der Waals surface area contributed by atoms with Crippen molar-refractivity contribution < 1.29 is 0 Å². The van der Waals surface area contributed by atoms with E-state index in [0.717, 1.165) is 11.8 Å². The Labute approximate surface area is 96.7 Å². The van der Waals surface area contributed by atoms with Gasteiger partial charge in [0.05, 0.1) is 0 Å². The van der Waals surface area contributed by atoms with E-state index in [1.807, 2.05) is 11.3 Å². The van der Waals surface area contributed by atoms with E-state index in [2.05, 4.69) is 39.8 Å². The summed E-state index contributed by atoms with van der Waals surface area (Å²) in [6, 6.07) is 4.95. The molecule has 2 heteroatoms. The summed E-state index contributed by atoms with van der Waals surface area (Å²) >= 11 is 1.98. The Kier molecular flexibility index (Phi) is 2.68. The molecule has 0 spiro atoms. The molecule has 2 N–H and O–H groups in total. The maximum atomic E-state index is 5.92. The standard InChI is InChI=1S/C13H21NS/c1-8(14)9-7-10(9)11-5-6-12(15-11)13(2,3)4/h5-6,8-10H,7,14H2,1-4H3. The van der Waals surface area contributed by atoms with Crippen LogP contribution in [0.1, 0.15) is 49.8 Å². The van der Waals surface area contributed by atoms with E-state index in [-0.39, 0.29) is 0 Å². The van der Waals surface area contributed by atoms with Gasteiger partial charge in [-0.3, -0.25) is 0 Å². The number of hydrogen-bond acceptors (Lipinski definition) is 2. The molecule has 0 bridgehead atoms. The molecule has 1 heterocycles. The van der Waals surface area contributed by atoms with Crippen LogP contribution < -0.4 is 5.73 Å². The molecule has 15 heavy (non-hydrogen) atoms. The van der Waals surface area contributed by atoms with E-state index in [1.54, 1.807) is 4.88 Å². The van der Waals surface area contributed by atoms with Crippen molar-refractivity contribution in [2.24, 2.45) is 11.7 Å². The van der Waals surface area contributed by atoms with E-state index in [9.17, 15) is 0 Å². The number of nitrogens with two attached hydrogens (primary N) is 1. The molecule has 0 amide bonds. The Balaban J connectivity index is 2.10. The first kappa shape index (κ1) is 11.2. The quantitative estimate of drug-likeness (QED) is 0.816. The first-order valence-electron chi connectivity index (χ1n) is 5.75. The van der Waals surface area contributed by atoms with Crippen LogP contribution in [0.5, 0.6) is 0 Å². The van der Waals surface area contributed by atoms with Gasteiger partial charge in [-0.1, -0.05) is 20.8 Å². The van der Waals surface area contributed by atoms with Gasteiger partial charge in [0.15, 0.2) is 0 Å². The summed E-state index contributed by atoms with van der Waals surface area (Å²) in [5.41, 5.74) is 6.22. The highest BCUT2D eigenvalue weighted by molar-refractivity contribution is 7.12. The van der Waals surface area contributed by atoms with Crippen LogP contribution in [0.25, 0.3) is 0 Å². The average Bonchev–Trinajstić information content (AvgIpc) is 2.74. The van der Waals surface area contributed by atoms with Crippen molar-refractivity contribution in [2.45, 2.75) is 51.5 Å². The zero-order valence-corrected chi connectivity index (χ0v) is 10.9. The van der Waals surface area contributed by atoms with Gasteiger partial charge in [0.1, 0.15) is 0 Å². The van der Waals surface area contributed by atoms with Crippen molar-refractivity contribution in [3.05, 3.63) is 21.9 Å². The van der Waals surface area contributed by atoms with E-state index < -0.39 is 0 Å². The molecule has 3 atom stereocenters. The van der Waals surface area contributed by atoms with Gasteiger partial charge in [0, 0.05) is 15.8 Å². The highest BCUT2D eigenvalue weighted by atomic mass is 32.1. The van der Waals surface area contributed by atoms with Crippen molar-refractivity contribution in [3.8, 4) is 0 Å². The Hall–Kier alpha value is -0.340. The van der Waals surface area contributed by atoms with Crippen LogP contribution in [-0.2, 0) is 5.41 Å². The molecular formula is C13H21NS. The van der Waals surface area contributed by atoms with Crippen LogP contribution >= 0.6 is 11.3 Å². The lowest BCUT2D eigenvalue weighted by atomic mass is 9.95. The van der Waals surface area contributed by atoms with Gasteiger partial charge in [-0.05, 0) is 42.7 Å². The van der Waals surface area contributed by atoms with Crippen molar-refractivity contribution in [3.63, 3.8) is 0 Å². The normalized spacial score (nSPS) is 27.8. The van der Waals surface area contributed by atoms with Gasteiger partial charge >= 0.3 is 0 Å². The predicted molar refractivity (Wildman–Crippen MR) is 67.5 cm³/mol. The Morgan fingerprint density at radius 3 is 2.47 bits per heavy atom. The highest BCUT2D eigenvalue weighted by Gasteiger charge is 2.41. The van der Waals surface area contributed by atoms with E-state index in [0.29, 0.717) is 11.5 Å². The topological polar surface area (TPSA) is 26.0 Å². The molecule has 1 aliphatic rings. The van der Waals surface area contributed by atoms with Gasteiger partial charge in [-0.25, -0.2) is 0 Å². The van der Waals surface area contributed by atoms with Crippen LogP contribution in [0.4, 0.5) is 0 Å². The first-order valence-corrected chi connectivity index (χ1v) is 6.57. The minimum atomic E-state index is 0.293. The summed E-state index contributed by atoms with van der Waals surface area (Å²) in [6.07, 6.45) is 1.29. The first-order chi connectivity index (χ1) is 6.89. The third-order valence-electron chi connectivity index (χ3n) is 3.25. The molecule has 0 saturated heterocycles. The van der Waals surface area contributed by atoms with E-state index in [1.165, 1.54) is 11.3 Å². The molecule has 84 valence electrons. The molecule has 3 unspecified atom stereocenters. The van der Waals surface area contributed by atoms with Crippen molar-refractivity contribution in [1.29, 1.82) is 0 Å². The predicted octanol–water partition coefficient (Wildman–Crippen LogP) is 3.50. The summed E-state index contributed by atoms with van der Waals surface area (Å²) in [5.74, 6) is 1.49. The third-order valence-corrected chi connectivity index (χ3v) is 4.89. The second-order valence-corrected chi connectivity index (χ2v) is 6.93. The van der Waals surface area contributed by atoms with Crippen molar-refractivity contribution in [1.82, 2.24) is 0 Å². The lowest BCUT2D eigenvalue weighted by molar-refractivity contribution is 0.604. The summed E-state index contributed by atoms with van der Waals surface area (Å²) in [5, 5.41) is 0. The molecule has 0 aromatic carbocycles. The monoisotopic (exact) mass is 223 g/mol. The molecule has 2 rings (SSSR count). The van der Waals surface area contributed by atoms with Crippen LogP contribution in [0.2, 0.25) is 0 Å². The van der Waals surface area contributed by atoms with Gasteiger partial charge in [0.2, 0.25) is 0 Å². The maximum Gasteiger partial charge on any atom is 0.0102 e. The Morgan fingerprint density at radius 2 is 2.07 bits per heavy atom. The SMILES string of the molecule is CC(N)C1CC1c1ccc(C(C)(C)C)s1. The van der Waals surface area contributed by atoms with Crippen molar-refractivity contribution in [2.75, 3.05) is 0 Å². The molecule has 1 aliphatic carbocycles. The Bertz CT molecular complexity index is 346. The van der Waals surface area contributed by atoms with Gasteiger partial charge < -0.3 is 5.73 Å². The molecule has 0 aliphatic heterocycles. The van der Waals surface area contributed by atoms with Crippen LogP contribution in [0.15, 0.2) is 12.1 Å². The smallest absolute Gasteiger partial charge is 0.0102 e. The number of rotatable bonds is 2. The fourth-order valence-corrected chi connectivity index (χ4v) is 3.33. The van der Waals surface area contributed by atoms with Gasteiger partial charge in [0.25, 0.3) is 0 Å².